The lowest BCUT2D eigenvalue weighted by molar-refractivity contribution is -0.117. The highest BCUT2D eigenvalue weighted by Crippen LogP contribution is 2.20. The summed E-state index contributed by atoms with van der Waals surface area (Å²) in [6, 6.07) is 6.44. The van der Waals surface area contributed by atoms with Crippen molar-refractivity contribution in [2.24, 2.45) is 0 Å². The molecule has 8 heteroatoms. The van der Waals surface area contributed by atoms with E-state index in [1.54, 1.807) is 24.3 Å². The minimum absolute atomic E-state index is 0.0340. The molecule has 1 saturated carbocycles. The van der Waals surface area contributed by atoms with Crippen molar-refractivity contribution in [2.75, 3.05) is 45.1 Å². The standard InChI is InChI=1S/C19H30N4O3S/c1-22-11-13-23(14-12-22)15-19(24)20-16-7-9-18(10-8-16)27(25,26)21-17-5-3-2-4-6-17/h7-10,17,21H,2-6,11-15H2,1H3,(H,20,24). The Morgan fingerprint density at radius 3 is 2.30 bits per heavy atom. The van der Waals surface area contributed by atoms with Crippen LogP contribution in [0, 0.1) is 0 Å². The zero-order valence-corrected chi connectivity index (χ0v) is 16.8. The van der Waals surface area contributed by atoms with Gasteiger partial charge >= 0.3 is 0 Å². The van der Waals surface area contributed by atoms with Gasteiger partial charge in [-0.2, -0.15) is 0 Å². The number of anilines is 1. The van der Waals surface area contributed by atoms with Crippen LogP contribution < -0.4 is 10.0 Å². The third-order valence-electron chi connectivity index (χ3n) is 5.34. The topological polar surface area (TPSA) is 81.8 Å². The molecule has 150 valence electrons. The van der Waals surface area contributed by atoms with E-state index in [0.717, 1.165) is 51.9 Å². The highest BCUT2D eigenvalue weighted by molar-refractivity contribution is 7.89. The van der Waals surface area contributed by atoms with Crippen molar-refractivity contribution in [1.82, 2.24) is 14.5 Å². The summed E-state index contributed by atoms with van der Waals surface area (Å²) < 4.78 is 27.8. The molecule has 7 nitrogen and oxygen atoms in total. The lowest BCUT2D eigenvalue weighted by atomic mass is 9.96. The Morgan fingerprint density at radius 1 is 1.04 bits per heavy atom. The lowest BCUT2D eigenvalue weighted by Gasteiger charge is -2.31. The van der Waals surface area contributed by atoms with Crippen LogP contribution in [0.25, 0.3) is 0 Å². The Hall–Kier alpha value is -1.48. The number of carbonyl (C=O) groups is 1. The van der Waals surface area contributed by atoms with Gasteiger partial charge in [0.15, 0.2) is 0 Å². The van der Waals surface area contributed by atoms with Gasteiger partial charge in [0, 0.05) is 37.9 Å². The van der Waals surface area contributed by atoms with Gasteiger partial charge < -0.3 is 10.2 Å². The third kappa shape index (κ3) is 6.00. The summed E-state index contributed by atoms with van der Waals surface area (Å²) in [5.41, 5.74) is 0.616. The fourth-order valence-corrected chi connectivity index (χ4v) is 4.94. The van der Waals surface area contributed by atoms with Crippen LogP contribution in [0.2, 0.25) is 0 Å². The summed E-state index contributed by atoms with van der Waals surface area (Å²) >= 11 is 0. The van der Waals surface area contributed by atoms with Gasteiger partial charge in [0.05, 0.1) is 11.4 Å². The van der Waals surface area contributed by atoms with Gasteiger partial charge in [0.2, 0.25) is 15.9 Å². The zero-order valence-electron chi connectivity index (χ0n) is 16.0. The molecule has 3 rings (SSSR count). The fraction of sp³-hybridized carbons (Fsp3) is 0.632. The van der Waals surface area contributed by atoms with E-state index in [1.165, 1.54) is 6.42 Å². The molecule has 1 amide bonds. The first-order valence-corrected chi connectivity index (χ1v) is 11.2. The summed E-state index contributed by atoms with van der Waals surface area (Å²) in [6.07, 6.45) is 5.14. The highest BCUT2D eigenvalue weighted by atomic mass is 32.2. The number of benzene rings is 1. The van der Waals surface area contributed by atoms with Crippen LogP contribution in [0.5, 0.6) is 0 Å². The average molecular weight is 395 g/mol. The molecule has 0 aromatic heterocycles. The van der Waals surface area contributed by atoms with E-state index in [-0.39, 0.29) is 16.8 Å². The minimum Gasteiger partial charge on any atom is -0.325 e. The molecule has 2 fully saturated rings. The zero-order chi connectivity index (χ0) is 19.3. The molecular weight excluding hydrogens is 364 g/mol. The van der Waals surface area contributed by atoms with E-state index in [2.05, 4.69) is 26.9 Å². The first-order chi connectivity index (χ1) is 12.9. The van der Waals surface area contributed by atoms with Gasteiger partial charge in [-0.3, -0.25) is 9.69 Å². The second kappa shape index (κ2) is 9.14. The van der Waals surface area contributed by atoms with Crippen LogP contribution in [-0.4, -0.2) is 69.9 Å². The van der Waals surface area contributed by atoms with Crippen LogP contribution in [0.15, 0.2) is 29.2 Å². The smallest absolute Gasteiger partial charge is 0.240 e. The van der Waals surface area contributed by atoms with Crippen LogP contribution in [-0.2, 0) is 14.8 Å². The Balaban J connectivity index is 1.52. The highest BCUT2D eigenvalue weighted by Gasteiger charge is 2.22. The number of carbonyl (C=O) groups excluding carboxylic acids is 1. The van der Waals surface area contributed by atoms with E-state index in [1.807, 2.05) is 0 Å². The van der Waals surface area contributed by atoms with Crippen LogP contribution >= 0.6 is 0 Å². The second-order valence-corrected chi connectivity index (χ2v) is 9.32. The number of nitrogens with zero attached hydrogens (tertiary/aromatic N) is 2. The Morgan fingerprint density at radius 2 is 1.67 bits per heavy atom. The number of piperazine rings is 1. The van der Waals surface area contributed by atoms with Gasteiger partial charge in [-0.05, 0) is 44.2 Å². The minimum atomic E-state index is -3.51. The molecule has 0 atom stereocenters. The molecule has 1 heterocycles. The van der Waals surface area contributed by atoms with Gasteiger partial charge in [-0.1, -0.05) is 19.3 Å². The molecule has 0 spiro atoms. The van der Waals surface area contributed by atoms with Gasteiger partial charge in [0.1, 0.15) is 0 Å². The first-order valence-electron chi connectivity index (χ1n) is 9.75. The predicted octanol–water partition coefficient (Wildman–Crippen LogP) is 1.48. The van der Waals surface area contributed by atoms with Crippen molar-refractivity contribution in [3.63, 3.8) is 0 Å². The Labute approximate surface area is 162 Å². The van der Waals surface area contributed by atoms with Crippen molar-refractivity contribution in [1.29, 1.82) is 0 Å². The van der Waals surface area contributed by atoms with E-state index >= 15 is 0 Å². The molecule has 2 aliphatic rings. The number of rotatable bonds is 6. The number of hydrogen-bond acceptors (Lipinski definition) is 5. The molecule has 1 aromatic rings. The maximum atomic E-state index is 12.5. The molecule has 2 N–H and O–H groups in total. The van der Waals surface area contributed by atoms with Crippen molar-refractivity contribution < 1.29 is 13.2 Å². The van der Waals surface area contributed by atoms with Gasteiger partial charge in [-0.15, -0.1) is 0 Å². The van der Waals surface area contributed by atoms with E-state index in [0.29, 0.717) is 12.2 Å². The Bertz CT molecular complexity index is 722. The van der Waals surface area contributed by atoms with Crippen molar-refractivity contribution in [2.45, 2.75) is 43.0 Å². The van der Waals surface area contributed by atoms with Gasteiger partial charge in [-0.25, -0.2) is 13.1 Å². The lowest BCUT2D eigenvalue weighted by Crippen LogP contribution is -2.47. The van der Waals surface area contributed by atoms with Crippen LogP contribution in [0.4, 0.5) is 5.69 Å². The SMILES string of the molecule is CN1CCN(CC(=O)Nc2ccc(S(=O)(=O)NC3CCCCC3)cc2)CC1. The third-order valence-corrected chi connectivity index (χ3v) is 6.87. The maximum Gasteiger partial charge on any atom is 0.240 e. The summed E-state index contributed by atoms with van der Waals surface area (Å²) in [5, 5.41) is 2.85. The monoisotopic (exact) mass is 394 g/mol. The molecule has 1 saturated heterocycles. The molecule has 0 unspecified atom stereocenters. The van der Waals surface area contributed by atoms with E-state index < -0.39 is 10.0 Å². The number of hydrogen-bond donors (Lipinski definition) is 2. The quantitative estimate of drug-likeness (QED) is 0.764. The molecular formula is C19H30N4O3S. The van der Waals surface area contributed by atoms with Gasteiger partial charge in [0.25, 0.3) is 0 Å². The van der Waals surface area contributed by atoms with Crippen LogP contribution in [0.3, 0.4) is 0 Å². The number of nitrogens with one attached hydrogen (secondary N) is 2. The maximum absolute atomic E-state index is 12.5. The summed E-state index contributed by atoms with van der Waals surface area (Å²) in [6.45, 7) is 4.06. The largest absolute Gasteiger partial charge is 0.325 e. The Kier molecular flexibility index (Phi) is 6.86. The normalized spacial score (nSPS) is 20.5. The van der Waals surface area contributed by atoms with Crippen molar-refractivity contribution >= 4 is 21.6 Å². The molecule has 1 aliphatic carbocycles. The number of sulfonamides is 1. The van der Waals surface area contributed by atoms with Crippen LogP contribution in [0.1, 0.15) is 32.1 Å². The fourth-order valence-electron chi connectivity index (χ4n) is 3.63. The molecule has 27 heavy (non-hydrogen) atoms. The van der Waals surface area contributed by atoms with E-state index in [9.17, 15) is 13.2 Å². The average Bonchev–Trinajstić information content (AvgIpc) is 2.64. The molecule has 0 radical (unpaired) electrons. The first kappa shape index (κ1) is 20.3. The predicted molar refractivity (Wildman–Crippen MR) is 106 cm³/mol. The second-order valence-electron chi connectivity index (χ2n) is 7.61. The summed E-state index contributed by atoms with van der Waals surface area (Å²) in [7, 11) is -1.43. The molecule has 0 bridgehead atoms. The van der Waals surface area contributed by atoms with E-state index in [4.69, 9.17) is 0 Å². The summed E-state index contributed by atoms with van der Waals surface area (Å²) in [4.78, 5) is 16.8. The van der Waals surface area contributed by atoms with Crippen molar-refractivity contribution in [3.05, 3.63) is 24.3 Å². The molecule has 1 aromatic carbocycles. The number of amides is 1. The van der Waals surface area contributed by atoms with Crippen molar-refractivity contribution in [3.8, 4) is 0 Å². The molecule has 1 aliphatic heterocycles. The number of likely N-dealkylation sites (N-methyl/N-ethyl adjacent to an activating group) is 1. The summed E-state index contributed by atoms with van der Waals surface area (Å²) in [5.74, 6) is -0.0736.